The molecule has 0 fully saturated rings. The molecule has 0 aliphatic rings. The van der Waals surface area contributed by atoms with Gasteiger partial charge in [-0.3, -0.25) is 4.79 Å². The largest absolute Gasteiger partial charge is 0.481 e. The van der Waals surface area contributed by atoms with Crippen molar-refractivity contribution in [2.45, 2.75) is 26.9 Å². The highest BCUT2D eigenvalue weighted by Crippen LogP contribution is 2.18. The Morgan fingerprint density at radius 2 is 1.75 bits per heavy atom. The number of benzene rings is 2. The second-order valence-corrected chi connectivity index (χ2v) is 4.86. The molecule has 0 unspecified atom stereocenters. The number of amides is 1. The molecule has 0 aromatic heterocycles. The van der Waals surface area contributed by atoms with Crippen molar-refractivity contribution in [2.75, 3.05) is 5.32 Å². The summed E-state index contributed by atoms with van der Waals surface area (Å²) in [4.78, 5) is 12.0. The van der Waals surface area contributed by atoms with Crippen LogP contribution in [0.25, 0.3) is 0 Å². The van der Waals surface area contributed by atoms with Crippen LogP contribution in [0.2, 0.25) is 0 Å². The second kappa shape index (κ2) is 6.24. The molecule has 3 heteroatoms. The van der Waals surface area contributed by atoms with Crippen LogP contribution in [-0.4, -0.2) is 12.0 Å². The molecular formula is C17H19NO2. The van der Waals surface area contributed by atoms with Gasteiger partial charge in [-0.25, -0.2) is 0 Å². The van der Waals surface area contributed by atoms with Gasteiger partial charge in [-0.05, 0) is 56.2 Å². The van der Waals surface area contributed by atoms with Gasteiger partial charge < -0.3 is 10.1 Å². The Balaban J connectivity index is 1.98. The van der Waals surface area contributed by atoms with Crippen LogP contribution in [0, 0.1) is 13.8 Å². The minimum atomic E-state index is -0.544. The van der Waals surface area contributed by atoms with E-state index < -0.39 is 6.10 Å². The zero-order valence-corrected chi connectivity index (χ0v) is 12.0. The summed E-state index contributed by atoms with van der Waals surface area (Å²) in [7, 11) is 0. The van der Waals surface area contributed by atoms with E-state index in [2.05, 4.69) is 5.32 Å². The van der Waals surface area contributed by atoms with Crippen molar-refractivity contribution in [1.82, 2.24) is 0 Å². The number of para-hydroxylation sites is 1. The summed E-state index contributed by atoms with van der Waals surface area (Å²) in [5, 5.41) is 2.82. The van der Waals surface area contributed by atoms with Crippen LogP contribution < -0.4 is 10.1 Å². The SMILES string of the molecule is Cc1ccc(O[C@@H](C)C(=O)Nc2ccccc2)cc1C. The van der Waals surface area contributed by atoms with E-state index in [9.17, 15) is 4.79 Å². The zero-order valence-electron chi connectivity index (χ0n) is 12.0. The van der Waals surface area contributed by atoms with E-state index in [0.717, 1.165) is 11.3 Å². The van der Waals surface area contributed by atoms with E-state index in [1.165, 1.54) is 5.56 Å². The number of ether oxygens (including phenoxy) is 1. The lowest BCUT2D eigenvalue weighted by Gasteiger charge is -2.15. The summed E-state index contributed by atoms with van der Waals surface area (Å²) >= 11 is 0. The van der Waals surface area contributed by atoms with Crippen LogP contribution in [0.1, 0.15) is 18.1 Å². The van der Waals surface area contributed by atoms with E-state index in [4.69, 9.17) is 4.74 Å². The molecule has 0 aliphatic heterocycles. The molecule has 2 aromatic rings. The highest BCUT2D eigenvalue weighted by Gasteiger charge is 2.14. The third-order valence-electron chi connectivity index (χ3n) is 3.20. The molecule has 1 amide bonds. The molecule has 0 saturated carbocycles. The number of hydrogen-bond acceptors (Lipinski definition) is 2. The van der Waals surface area contributed by atoms with Crippen molar-refractivity contribution in [3.05, 3.63) is 59.7 Å². The maximum atomic E-state index is 12.0. The smallest absolute Gasteiger partial charge is 0.265 e. The van der Waals surface area contributed by atoms with Crippen molar-refractivity contribution < 1.29 is 9.53 Å². The average Bonchev–Trinajstić information content (AvgIpc) is 2.44. The maximum absolute atomic E-state index is 12.0. The maximum Gasteiger partial charge on any atom is 0.265 e. The lowest BCUT2D eigenvalue weighted by molar-refractivity contribution is -0.122. The molecule has 0 spiro atoms. The Labute approximate surface area is 119 Å². The summed E-state index contributed by atoms with van der Waals surface area (Å²) in [5.41, 5.74) is 3.13. The first-order valence-corrected chi connectivity index (χ1v) is 6.66. The van der Waals surface area contributed by atoms with Crippen molar-refractivity contribution in [3.8, 4) is 5.75 Å². The molecular weight excluding hydrogens is 250 g/mol. The first kappa shape index (κ1) is 14.1. The molecule has 0 saturated heterocycles. The van der Waals surface area contributed by atoms with E-state index in [-0.39, 0.29) is 5.91 Å². The first-order chi connectivity index (χ1) is 9.56. The summed E-state index contributed by atoms with van der Waals surface area (Å²) in [6.07, 6.45) is -0.544. The van der Waals surface area contributed by atoms with Gasteiger partial charge in [0.05, 0.1) is 0 Å². The molecule has 0 aliphatic carbocycles. The fourth-order valence-electron chi connectivity index (χ4n) is 1.81. The van der Waals surface area contributed by atoms with E-state index in [0.29, 0.717) is 5.75 Å². The topological polar surface area (TPSA) is 38.3 Å². The Morgan fingerprint density at radius 3 is 2.40 bits per heavy atom. The lowest BCUT2D eigenvalue weighted by Crippen LogP contribution is -2.30. The van der Waals surface area contributed by atoms with Gasteiger partial charge in [0.1, 0.15) is 5.75 Å². The van der Waals surface area contributed by atoms with Gasteiger partial charge in [0, 0.05) is 5.69 Å². The molecule has 2 rings (SSSR count). The van der Waals surface area contributed by atoms with Crippen molar-refractivity contribution in [3.63, 3.8) is 0 Å². The lowest BCUT2D eigenvalue weighted by atomic mass is 10.1. The third-order valence-corrected chi connectivity index (χ3v) is 3.20. The van der Waals surface area contributed by atoms with Crippen LogP contribution in [0.3, 0.4) is 0 Å². The highest BCUT2D eigenvalue weighted by atomic mass is 16.5. The van der Waals surface area contributed by atoms with Crippen LogP contribution in [0.5, 0.6) is 5.75 Å². The number of anilines is 1. The quantitative estimate of drug-likeness (QED) is 0.919. The van der Waals surface area contributed by atoms with Gasteiger partial charge >= 0.3 is 0 Å². The minimum absolute atomic E-state index is 0.158. The standard InChI is InChI=1S/C17H19NO2/c1-12-9-10-16(11-13(12)2)20-14(3)17(19)18-15-7-5-4-6-8-15/h4-11,14H,1-3H3,(H,18,19)/t14-/m0/s1. The summed E-state index contributed by atoms with van der Waals surface area (Å²) in [6.45, 7) is 5.81. The molecule has 1 atom stereocenters. The van der Waals surface area contributed by atoms with Crippen molar-refractivity contribution >= 4 is 11.6 Å². The molecule has 0 heterocycles. The normalized spacial score (nSPS) is 11.8. The molecule has 1 N–H and O–H groups in total. The van der Waals surface area contributed by atoms with Crippen molar-refractivity contribution in [1.29, 1.82) is 0 Å². The van der Waals surface area contributed by atoms with Crippen LogP contribution >= 0.6 is 0 Å². The fraction of sp³-hybridized carbons (Fsp3) is 0.235. The van der Waals surface area contributed by atoms with E-state index in [1.54, 1.807) is 6.92 Å². The molecule has 3 nitrogen and oxygen atoms in total. The third kappa shape index (κ3) is 3.60. The zero-order chi connectivity index (χ0) is 14.5. The van der Waals surface area contributed by atoms with Gasteiger partial charge in [0.2, 0.25) is 0 Å². The second-order valence-electron chi connectivity index (χ2n) is 4.86. The van der Waals surface area contributed by atoms with Crippen LogP contribution in [0.15, 0.2) is 48.5 Å². The fourth-order valence-corrected chi connectivity index (χ4v) is 1.81. The number of carbonyl (C=O) groups is 1. The predicted molar refractivity (Wildman–Crippen MR) is 81.1 cm³/mol. The molecule has 2 aromatic carbocycles. The van der Waals surface area contributed by atoms with Crippen LogP contribution in [0.4, 0.5) is 5.69 Å². The number of carbonyl (C=O) groups excluding carboxylic acids is 1. The Kier molecular flexibility index (Phi) is 4.41. The average molecular weight is 269 g/mol. The monoisotopic (exact) mass is 269 g/mol. The number of nitrogens with one attached hydrogen (secondary N) is 1. The first-order valence-electron chi connectivity index (χ1n) is 6.66. The van der Waals surface area contributed by atoms with Gasteiger partial charge in [-0.15, -0.1) is 0 Å². The Bertz CT molecular complexity index is 593. The minimum Gasteiger partial charge on any atom is -0.481 e. The van der Waals surface area contributed by atoms with Gasteiger partial charge in [-0.1, -0.05) is 24.3 Å². The predicted octanol–water partition coefficient (Wildman–Crippen LogP) is 3.71. The molecule has 0 bridgehead atoms. The Hall–Kier alpha value is -2.29. The van der Waals surface area contributed by atoms with Gasteiger partial charge in [0.15, 0.2) is 6.10 Å². The summed E-state index contributed by atoms with van der Waals surface area (Å²) in [6, 6.07) is 15.2. The van der Waals surface area contributed by atoms with Crippen LogP contribution in [-0.2, 0) is 4.79 Å². The summed E-state index contributed by atoms with van der Waals surface area (Å²) in [5.74, 6) is 0.554. The van der Waals surface area contributed by atoms with Gasteiger partial charge in [-0.2, -0.15) is 0 Å². The highest BCUT2D eigenvalue weighted by molar-refractivity contribution is 5.94. The molecule has 104 valence electrons. The Morgan fingerprint density at radius 1 is 1.05 bits per heavy atom. The van der Waals surface area contributed by atoms with E-state index in [1.807, 2.05) is 62.4 Å². The van der Waals surface area contributed by atoms with E-state index >= 15 is 0 Å². The van der Waals surface area contributed by atoms with Gasteiger partial charge in [0.25, 0.3) is 5.91 Å². The molecule has 20 heavy (non-hydrogen) atoms. The molecule has 0 radical (unpaired) electrons. The number of rotatable bonds is 4. The van der Waals surface area contributed by atoms with Crippen molar-refractivity contribution in [2.24, 2.45) is 0 Å². The summed E-state index contributed by atoms with van der Waals surface area (Å²) < 4.78 is 5.67. The number of hydrogen-bond donors (Lipinski definition) is 1. The number of aryl methyl sites for hydroxylation is 2.